The molecule has 0 unspecified atom stereocenters. The standard InChI is InChI=1S/C8H13N3O2/c1-5(2)13-8-7(6(3)12)11(4)10-9-8/h5H,1-4H3. The molecule has 0 aliphatic heterocycles. The molecule has 0 saturated heterocycles. The van der Waals surface area contributed by atoms with Gasteiger partial charge >= 0.3 is 0 Å². The highest BCUT2D eigenvalue weighted by molar-refractivity contribution is 5.94. The number of ketones is 1. The average Bonchev–Trinajstić information content (AvgIpc) is 2.30. The zero-order valence-corrected chi connectivity index (χ0v) is 8.24. The molecule has 0 aliphatic rings. The van der Waals surface area contributed by atoms with E-state index in [1.54, 1.807) is 7.05 Å². The molecule has 1 heterocycles. The summed E-state index contributed by atoms with van der Waals surface area (Å²) in [4.78, 5) is 11.1. The van der Waals surface area contributed by atoms with Crippen molar-refractivity contribution in [3.8, 4) is 5.88 Å². The molecular formula is C8H13N3O2. The zero-order chi connectivity index (χ0) is 10.0. The molecule has 0 saturated carbocycles. The number of hydrogen-bond donors (Lipinski definition) is 0. The Labute approximate surface area is 76.7 Å². The van der Waals surface area contributed by atoms with Crippen LogP contribution in [-0.2, 0) is 7.05 Å². The van der Waals surface area contributed by atoms with Gasteiger partial charge in [0.2, 0.25) is 0 Å². The maximum atomic E-state index is 11.1. The SMILES string of the molecule is CC(=O)c1c(OC(C)C)nnn1C. The second-order valence-corrected chi connectivity index (χ2v) is 3.09. The van der Waals surface area contributed by atoms with Crippen molar-refractivity contribution < 1.29 is 9.53 Å². The number of Topliss-reactive ketones (excluding diaryl/α,β-unsaturated/α-hetero) is 1. The first-order valence-electron chi connectivity index (χ1n) is 4.09. The summed E-state index contributed by atoms with van der Waals surface area (Å²) in [5.74, 6) is 0.216. The second-order valence-electron chi connectivity index (χ2n) is 3.09. The summed E-state index contributed by atoms with van der Waals surface area (Å²) in [6.07, 6.45) is -0.00481. The molecule has 1 aromatic heterocycles. The minimum absolute atomic E-state index is 0.00481. The molecule has 0 amide bonds. The van der Waals surface area contributed by atoms with Crippen molar-refractivity contribution >= 4 is 5.78 Å². The van der Waals surface area contributed by atoms with Crippen LogP contribution in [0.25, 0.3) is 0 Å². The van der Waals surface area contributed by atoms with Crippen LogP contribution in [0.4, 0.5) is 0 Å². The summed E-state index contributed by atoms with van der Waals surface area (Å²) >= 11 is 0. The molecule has 13 heavy (non-hydrogen) atoms. The smallest absolute Gasteiger partial charge is 0.264 e. The molecule has 0 atom stereocenters. The molecule has 0 spiro atoms. The van der Waals surface area contributed by atoms with Gasteiger partial charge in [-0.1, -0.05) is 10.3 Å². The van der Waals surface area contributed by atoms with Crippen LogP contribution in [0.3, 0.4) is 0 Å². The van der Waals surface area contributed by atoms with Crippen LogP contribution in [0, 0.1) is 0 Å². The van der Waals surface area contributed by atoms with Gasteiger partial charge in [0.05, 0.1) is 6.10 Å². The summed E-state index contributed by atoms with van der Waals surface area (Å²) < 4.78 is 6.73. The van der Waals surface area contributed by atoms with Crippen LogP contribution in [0.2, 0.25) is 0 Å². The second kappa shape index (κ2) is 3.55. The average molecular weight is 183 g/mol. The normalized spacial score (nSPS) is 10.5. The van der Waals surface area contributed by atoms with E-state index in [9.17, 15) is 4.79 Å². The van der Waals surface area contributed by atoms with Gasteiger partial charge in [0.15, 0.2) is 11.5 Å². The Morgan fingerprint density at radius 2 is 2.15 bits per heavy atom. The zero-order valence-electron chi connectivity index (χ0n) is 8.24. The Hall–Kier alpha value is -1.39. The number of aryl methyl sites for hydroxylation is 1. The molecule has 0 radical (unpaired) electrons. The fourth-order valence-corrected chi connectivity index (χ4v) is 1.02. The van der Waals surface area contributed by atoms with Crippen molar-refractivity contribution in [1.82, 2.24) is 15.0 Å². The number of nitrogens with zero attached hydrogens (tertiary/aromatic N) is 3. The van der Waals surface area contributed by atoms with E-state index in [4.69, 9.17) is 4.74 Å². The fraction of sp³-hybridized carbons (Fsp3) is 0.625. The Kier molecular flexibility index (Phi) is 2.65. The number of rotatable bonds is 3. The first-order valence-corrected chi connectivity index (χ1v) is 4.09. The molecule has 0 N–H and O–H groups in total. The van der Waals surface area contributed by atoms with E-state index in [2.05, 4.69) is 10.3 Å². The summed E-state index contributed by atoms with van der Waals surface area (Å²) in [5, 5.41) is 7.46. The summed E-state index contributed by atoms with van der Waals surface area (Å²) in [6.45, 7) is 5.21. The number of hydrogen-bond acceptors (Lipinski definition) is 4. The molecular weight excluding hydrogens is 170 g/mol. The first-order chi connectivity index (χ1) is 6.02. The van der Waals surface area contributed by atoms with Crippen molar-refractivity contribution in [3.05, 3.63) is 5.69 Å². The van der Waals surface area contributed by atoms with Gasteiger partial charge in [-0.05, 0) is 13.8 Å². The summed E-state index contributed by atoms with van der Waals surface area (Å²) in [5.41, 5.74) is 0.411. The fourth-order valence-electron chi connectivity index (χ4n) is 1.02. The van der Waals surface area contributed by atoms with Crippen LogP contribution in [0.5, 0.6) is 5.88 Å². The third-order valence-corrected chi connectivity index (χ3v) is 1.48. The van der Waals surface area contributed by atoms with Gasteiger partial charge in [-0.15, -0.1) is 0 Å². The molecule has 5 heteroatoms. The Bertz CT molecular complexity index is 317. The van der Waals surface area contributed by atoms with Crippen LogP contribution in [-0.4, -0.2) is 26.9 Å². The molecule has 1 rings (SSSR count). The lowest BCUT2D eigenvalue weighted by atomic mass is 10.3. The number of aromatic nitrogens is 3. The highest BCUT2D eigenvalue weighted by Gasteiger charge is 2.16. The molecule has 0 aromatic carbocycles. The minimum Gasteiger partial charge on any atom is -0.472 e. The maximum Gasteiger partial charge on any atom is 0.264 e. The lowest BCUT2D eigenvalue weighted by Crippen LogP contribution is -2.10. The van der Waals surface area contributed by atoms with E-state index < -0.39 is 0 Å². The van der Waals surface area contributed by atoms with Crippen molar-refractivity contribution in [1.29, 1.82) is 0 Å². The van der Waals surface area contributed by atoms with Gasteiger partial charge in [-0.25, -0.2) is 4.68 Å². The largest absolute Gasteiger partial charge is 0.472 e. The Balaban J connectivity index is 3.00. The predicted octanol–water partition coefficient (Wildman–Crippen LogP) is 0.805. The van der Waals surface area contributed by atoms with Crippen LogP contribution in [0.15, 0.2) is 0 Å². The Morgan fingerprint density at radius 1 is 1.54 bits per heavy atom. The third-order valence-electron chi connectivity index (χ3n) is 1.48. The Morgan fingerprint density at radius 3 is 2.62 bits per heavy atom. The monoisotopic (exact) mass is 183 g/mol. The van der Waals surface area contributed by atoms with E-state index in [-0.39, 0.29) is 11.9 Å². The van der Waals surface area contributed by atoms with Crippen molar-refractivity contribution in [2.75, 3.05) is 0 Å². The molecule has 72 valence electrons. The number of carbonyl (C=O) groups is 1. The lowest BCUT2D eigenvalue weighted by Gasteiger charge is -2.06. The van der Waals surface area contributed by atoms with Crippen LogP contribution < -0.4 is 4.74 Å². The minimum atomic E-state index is -0.0943. The lowest BCUT2D eigenvalue weighted by molar-refractivity contribution is 0.0998. The van der Waals surface area contributed by atoms with E-state index in [0.717, 1.165) is 0 Å². The van der Waals surface area contributed by atoms with Crippen LogP contribution in [0.1, 0.15) is 31.3 Å². The van der Waals surface area contributed by atoms with Gasteiger partial charge < -0.3 is 4.74 Å². The molecule has 5 nitrogen and oxygen atoms in total. The third kappa shape index (κ3) is 2.05. The van der Waals surface area contributed by atoms with Crippen molar-refractivity contribution in [2.24, 2.45) is 7.05 Å². The maximum absolute atomic E-state index is 11.1. The predicted molar refractivity (Wildman–Crippen MR) is 46.8 cm³/mol. The molecule has 0 fully saturated rings. The topological polar surface area (TPSA) is 57.0 Å². The van der Waals surface area contributed by atoms with Gasteiger partial charge in [0.1, 0.15) is 0 Å². The van der Waals surface area contributed by atoms with Crippen molar-refractivity contribution in [3.63, 3.8) is 0 Å². The van der Waals surface area contributed by atoms with Gasteiger partial charge in [0, 0.05) is 14.0 Å². The van der Waals surface area contributed by atoms with E-state index in [1.165, 1.54) is 11.6 Å². The van der Waals surface area contributed by atoms with E-state index >= 15 is 0 Å². The summed E-state index contributed by atoms with van der Waals surface area (Å²) in [7, 11) is 1.66. The highest BCUT2D eigenvalue weighted by atomic mass is 16.5. The number of carbonyl (C=O) groups excluding carboxylic acids is 1. The molecule has 1 aromatic rings. The van der Waals surface area contributed by atoms with Gasteiger partial charge in [-0.3, -0.25) is 4.79 Å². The first kappa shape index (κ1) is 9.70. The quantitative estimate of drug-likeness (QED) is 0.650. The van der Waals surface area contributed by atoms with E-state index in [1.807, 2.05) is 13.8 Å². The van der Waals surface area contributed by atoms with Crippen LogP contribution >= 0.6 is 0 Å². The highest BCUT2D eigenvalue weighted by Crippen LogP contribution is 2.15. The van der Waals surface area contributed by atoms with Gasteiger partial charge in [0.25, 0.3) is 5.88 Å². The number of ether oxygens (including phenoxy) is 1. The van der Waals surface area contributed by atoms with Crippen molar-refractivity contribution in [2.45, 2.75) is 26.9 Å². The molecule has 0 aliphatic carbocycles. The van der Waals surface area contributed by atoms with E-state index in [0.29, 0.717) is 11.6 Å². The molecule has 0 bridgehead atoms. The van der Waals surface area contributed by atoms with Gasteiger partial charge in [-0.2, -0.15) is 0 Å². The summed E-state index contributed by atoms with van der Waals surface area (Å²) in [6, 6.07) is 0.